The van der Waals surface area contributed by atoms with Gasteiger partial charge in [0.15, 0.2) is 5.75 Å². The van der Waals surface area contributed by atoms with E-state index in [2.05, 4.69) is 30.6 Å². The van der Waals surface area contributed by atoms with Gasteiger partial charge in [0.25, 0.3) is 10.0 Å². The van der Waals surface area contributed by atoms with E-state index in [0.717, 1.165) is 0 Å². The molecule has 0 atom stereocenters. The summed E-state index contributed by atoms with van der Waals surface area (Å²) in [4.78, 5) is 7.40. The highest BCUT2D eigenvalue weighted by molar-refractivity contribution is 9.10. The number of sulfonamides is 1. The van der Waals surface area contributed by atoms with Crippen LogP contribution in [-0.4, -0.2) is 25.5 Å². The first-order chi connectivity index (χ1) is 9.83. The molecule has 10 heteroatoms. The largest absolute Gasteiger partial charge is 0.494 e. The van der Waals surface area contributed by atoms with Crippen LogP contribution in [0, 0.1) is 0 Å². The summed E-state index contributed by atoms with van der Waals surface area (Å²) >= 11 is 14.8. The average molecular weight is 413 g/mol. The van der Waals surface area contributed by atoms with E-state index < -0.39 is 10.0 Å². The fraction of sp³-hybridized carbons (Fsp3) is 0.0909. The van der Waals surface area contributed by atoms with E-state index in [1.165, 1.54) is 31.5 Å². The highest BCUT2D eigenvalue weighted by atomic mass is 79.9. The molecule has 0 radical (unpaired) electrons. The monoisotopic (exact) mass is 411 g/mol. The molecule has 2 rings (SSSR count). The van der Waals surface area contributed by atoms with Crippen LogP contribution in [0.15, 0.2) is 33.8 Å². The lowest BCUT2D eigenvalue weighted by molar-refractivity contribution is 0.400. The molecule has 0 aliphatic heterocycles. The van der Waals surface area contributed by atoms with Crippen molar-refractivity contribution >= 4 is 55.1 Å². The Labute approximate surface area is 139 Å². The summed E-state index contributed by atoms with van der Waals surface area (Å²) in [7, 11) is -2.64. The second kappa shape index (κ2) is 6.35. The minimum absolute atomic E-state index is 0.113. The van der Waals surface area contributed by atoms with Gasteiger partial charge in [-0.25, -0.2) is 23.1 Å². The van der Waals surface area contributed by atoms with Gasteiger partial charge in [-0.1, -0.05) is 23.2 Å². The van der Waals surface area contributed by atoms with Gasteiger partial charge < -0.3 is 4.74 Å². The molecule has 112 valence electrons. The Morgan fingerprint density at radius 1 is 1.33 bits per heavy atom. The van der Waals surface area contributed by atoms with Crippen molar-refractivity contribution in [3.05, 3.63) is 39.0 Å². The lowest BCUT2D eigenvalue weighted by Crippen LogP contribution is -2.16. The quantitative estimate of drug-likeness (QED) is 0.778. The van der Waals surface area contributed by atoms with Crippen molar-refractivity contribution in [3.8, 4) is 5.75 Å². The van der Waals surface area contributed by atoms with E-state index >= 15 is 0 Å². The summed E-state index contributed by atoms with van der Waals surface area (Å²) in [6, 6.07) is 4.21. The summed E-state index contributed by atoms with van der Waals surface area (Å²) in [5.74, 6) is -0.0328. The zero-order chi connectivity index (χ0) is 15.6. The smallest absolute Gasteiger partial charge is 0.268 e. The number of hydrogen-bond donors (Lipinski definition) is 1. The normalized spacial score (nSPS) is 11.2. The standard InChI is InChI=1S/C11H8BrCl2N3O3S/c1-20-10-7(12)4-6(13)5-8(10)21(18,19)17-11-15-3-2-9(14)16-11/h2-5H,1H3,(H,15,16,17). The van der Waals surface area contributed by atoms with E-state index in [-0.39, 0.29) is 26.8 Å². The Bertz CT molecular complexity index is 786. The third kappa shape index (κ3) is 3.76. The van der Waals surface area contributed by atoms with Crippen LogP contribution in [0.1, 0.15) is 0 Å². The van der Waals surface area contributed by atoms with Crippen molar-refractivity contribution in [3.63, 3.8) is 0 Å². The van der Waals surface area contributed by atoms with Crippen LogP contribution >= 0.6 is 39.1 Å². The molecule has 0 spiro atoms. The Balaban J connectivity index is 2.49. The van der Waals surface area contributed by atoms with Crippen molar-refractivity contribution in [1.82, 2.24) is 9.97 Å². The number of methoxy groups -OCH3 is 1. The third-order valence-electron chi connectivity index (χ3n) is 2.32. The Morgan fingerprint density at radius 3 is 2.67 bits per heavy atom. The fourth-order valence-corrected chi connectivity index (χ4v) is 3.97. The van der Waals surface area contributed by atoms with E-state index in [4.69, 9.17) is 27.9 Å². The van der Waals surface area contributed by atoms with Crippen molar-refractivity contribution in [2.75, 3.05) is 11.8 Å². The Kier molecular flexibility index (Phi) is 4.92. The molecule has 6 nitrogen and oxygen atoms in total. The number of nitrogens with zero attached hydrogens (tertiary/aromatic N) is 2. The number of hydrogen-bond acceptors (Lipinski definition) is 5. The summed E-state index contributed by atoms with van der Waals surface area (Å²) in [6.07, 6.45) is 1.33. The lowest BCUT2D eigenvalue weighted by Gasteiger charge is -2.12. The minimum Gasteiger partial charge on any atom is -0.494 e. The highest BCUT2D eigenvalue weighted by Gasteiger charge is 2.23. The van der Waals surface area contributed by atoms with Gasteiger partial charge in [0, 0.05) is 11.2 Å². The van der Waals surface area contributed by atoms with Gasteiger partial charge in [0.1, 0.15) is 10.0 Å². The molecule has 0 aliphatic carbocycles. The lowest BCUT2D eigenvalue weighted by atomic mass is 10.3. The molecule has 0 bridgehead atoms. The SMILES string of the molecule is COc1c(Br)cc(Cl)cc1S(=O)(=O)Nc1nccc(Cl)n1. The molecule has 0 saturated heterocycles. The van der Waals surface area contributed by atoms with Gasteiger partial charge >= 0.3 is 0 Å². The minimum atomic E-state index is -3.99. The first-order valence-electron chi connectivity index (χ1n) is 5.38. The number of aromatic nitrogens is 2. The molecule has 21 heavy (non-hydrogen) atoms. The summed E-state index contributed by atoms with van der Waals surface area (Å²) < 4.78 is 32.5. The van der Waals surface area contributed by atoms with Crippen LogP contribution in [0.4, 0.5) is 5.95 Å². The van der Waals surface area contributed by atoms with Crippen molar-refractivity contribution < 1.29 is 13.2 Å². The first kappa shape index (κ1) is 16.3. The summed E-state index contributed by atoms with van der Waals surface area (Å²) in [5.41, 5.74) is 0. The molecule has 0 amide bonds. The molecule has 2 aromatic rings. The molecule has 1 heterocycles. The number of halogens is 3. The van der Waals surface area contributed by atoms with Gasteiger partial charge in [0.2, 0.25) is 5.95 Å². The molecular weight excluding hydrogens is 405 g/mol. The van der Waals surface area contributed by atoms with Gasteiger partial charge in [0.05, 0.1) is 11.6 Å². The number of nitrogens with one attached hydrogen (secondary N) is 1. The molecule has 0 unspecified atom stereocenters. The maximum Gasteiger partial charge on any atom is 0.268 e. The third-order valence-corrected chi connectivity index (χ3v) is 4.67. The number of ether oxygens (including phenoxy) is 1. The molecular formula is C11H8BrCl2N3O3S. The topological polar surface area (TPSA) is 81.2 Å². The van der Waals surface area contributed by atoms with Crippen LogP contribution in [0.5, 0.6) is 5.75 Å². The van der Waals surface area contributed by atoms with Crippen LogP contribution in [0.2, 0.25) is 10.2 Å². The van der Waals surface area contributed by atoms with Gasteiger partial charge in [-0.15, -0.1) is 0 Å². The molecule has 1 aromatic carbocycles. The van der Waals surface area contributed by atoms with Crippen LogP contribution in [0.25, 0.3) is 0 Å². The summed E-state index contributed by atoms with van der Waals surface area (Å²) in [6.45, 7) is 0. The average Bonchev–Trinajstić information content (AvgIpc) is 2.37. The predicted octanol–water partition coefficient (Wildman–Crippen LogP) is 3.36. The maximum absolute atomic E-state index is 12.4. The summed E-state index contributed by atoms with van der Waals surface area (Å²) in [5, 5.41) is 0.344. The zero-order valence-corrected chi connectivity index (χ0v) is 14.4. The van der Waals surface area contributed by atoms with Gasteiger partial charge in [-0.05, 0) is 34.1 Å². The second-order valence-electron chi connectivity index (χ2n) is 3.73. The molecule has 0 fully saturated rings. The van der Waals surface area contributed by atoms with Gasteiger partial charge in [-0.3, -0.25) is 0 Å². The van der Waals surface area contributed by atoms with E-state index in [9.17, 15) is 8.42 Å². The number of rotatable bonds is 4. The van der Waals surface area contributed by atoms with Crippen LogP contribution in [0.3, 0.4) is 0 Å². The number of anilines is 1. The molecule has 1 N–H and O–H groups in total. The van der Waals surface area contributed by atoms with Crippen molar-refractivity contribution in [2.45, 2.75) is 4.90 Å². The van der Waals surface area contributed by atoms with E-state index in [1.807, 2.05) is 0 Å². The van der Waals surface area contributed by atoms with Crippen molar-refractivity contribution in [2.24, 2.45) is 0 Å². The van der Waals surface area contributed by atoms with Gasteiger partial charge in [-0.2, -0.15) is 0 Å². The second-order valence-corrected chi connectivity index (χ2v) is 7.06. The molecule has 0 saturated carbocycles. The van der Waals surface area contributed by atoms with E-state index in [1.54, 1.807) is 0 Å². The Hall–Kier alpha value is -1.09. The highest BCUT2D eigenvalue weighted by Crippen LogP contribution is 2.35. The van der Waals surface area contributed by atoms with Crippen LogP contribution in [-0.2, 0) is 10.0 Å². The fourth-order valence-electron chi connectivity index (χ4n) is 1.50. The predicted molar refractivity (Wildman–Crippen MR) is 83.6 cm³/mol. The molecule has 0 aliphatic rings. The van der Waals surface area contributed by atoms with Crippen LogP contribution < -0.4 is 9.46 Å². The van der Waals surface area contributed by atoms with E-state index in [0.29, 0.717) is 4.47 Å². The Morgan fingerprint density at radius 2 is 2.05 bits per heavy atom. The maximum atomic E-state index is 12.4. The first-order valence-corrected chi connectivity index (χ1v) is 8.41. The zero-order valence-electron chi connectivity index (χ0n) is 10.5. The number of benzene rings is 1. The van der Waals surface area contributed by atoms with Crippen molar-refractivity contribution in [1.29, 1.82) is 0 Å². The molecule has 1 aromatic heterocycles.